The van der Waals surface area contributed by atoms with E-state index < -0.39 is 23.6 Å². The molecule has 0 radical (unpaired) electrons. The highest BCUT2D eigenvalue weighted by Gasteiger charge is 2.35. The highest BCUT2D eigenvalue weighted by molar-refractivity contribution is 7.87. The van der Waals surface area contributed by atoms with Gasteiger partial charge in [-0.05, 0) is 56.3 Å². The van der Waals surface area contributed by atoms with Gasteiger partial charge in [0.2, 0.25) is 12.1 Å². The zero-order valence-electron chi connectivity index (χ0n) is 19.8. The lowest BCUT2D eigenvalue weighted by molar-refractivity contribution is -0.0694. The van der Waals surface area contributed by atoms with Gasteiger partial charge in [-0.25, -0.2) is 13.0 Å². The van der Waals surface area contributed by atoms with Crippen molar-refractivity contribution in [2.45, 2.75) is 43.3 Å². The van der Waals surface area contributed by atoms with Gasteiger partial charge in [-0.15, -0.1) is 5.10 Å². The maximum Gasteiger partial charge on any atom is 0.295 e. The molecule has 2 atom stereocenters. The fourth-order valence-electron chi connectivity index (χ4n) is 4.49. The molecule has 12 heteroatoms. The molecule has 1 aromatic heterocycles. The summed E-state index contributed by atoms with van der Waals surface area (Å²) in [5.74, 6) is 0.0979. The number of rotatable bonds is 8. The first-order valence-corrected chi connectivity index (χ1v) is 13.4. The van der Waals surface area contributed by atoms with Gasteiger partial charge in [0.05, 0.1) is 48.0 Å². The molecular weight excluding hydrogens is 512 g/mol. The molecule has 2 unspecified atom stereocenters. The predicted octanol–water partition coefficient (Wildman–Crippen LogP) is 3.48. The normalized spacial score (nSPS) is 22.3. The van der Waals surface area contributed by atoms with Crippen molar-refractivity contribution in [2.75, 3.05) is 37.7 Å². The number of ether oxygens (including phenoxy) is 2. The zero-order chi connectivity index (χ0) is 25.2. The molecule has 2 saturated heterocycles. The minimum absolute atomic E-state index is 0.0172. The number of pyridine rings is 1. The number of alkyl halides is 2. The molecule has 4 heterocycles. The molecule has 3 aliphatic rings. The maximum absolute atomic E-state index is 13.8. The summed E-state index contributed by atoms with van der Waals surface area (Å²) < 4.78 is 52.4. The summed E-state index contributed by atoms with van der Waals surface area (Å²) in [4.78, 5) is 6.91. The molecule has 2 aromatic rings. The van der Waals surface area contributed by atoms with E-state index in [4.69, 9.17) is 21.1 Å². The van der Waals surface area contributed by atoms with Crippen LogP contribution in [-0.4, -0.2) is 82.3 Å². The van der Waals surface area contributed by atoms with Crippen molar-refractivity contribution in [3.05, 3.63) is 58.9 Å². The fourth-order valence-corrected chi connectivity index (χ4v) is 6.23. The number of halogens is 3. The lowest BCUT2D eigenvalue weighted by Gasteiger charge is -2.41. The van der Waals surface area contributed by atoms with Crippen LogP contribution in [0, 0.1) is 0 Å². The minimum atomic E-state index is -2.68. The summed E-state index contributed by atoms with van der Waals surface area (Å²) in [7, 11) is 0.139. The van der Waals surface area contributed by atoms with Crippen LogP contribution in [0.3, 0.4) is 0 Å². The zero-order valence-corrected chi connectivity index (χ0v) is 21.4. The van der Waals surface area contributed by atoms with E-state index in [2.05, 4.69) is 15.0 Å². The summed E-state index contributed by atoms with van der Waals surface area (Å²) >= 11 is 6.25. The second kappa shape index (κ2) is 11.0. The summed E-state index contributed by atoms with van der Waals surface area (Å²) in [6.45, 7) is 3.66. The van der Waals surface area contributed by atoms with Crippen molar-refractivity contribution in [2.24, 2.45) is 5.10 Å². The number of hydrogen-bond donors (Lipinski definition) is 0. The van der Waals surface area contributed by atoms with Gasteiger partial charge in [0.1, 0.15) is 11.0 Å². The van der Waals surface area contributed by atoms with Crippen LogP contribution in [0.1, 0.15) is 24.1 Å². The SMILES string of the molecule is CN1N=C(c2ccc(CN(c3cccc(Cl)c3)S(=O)C3CCN(C4COC4)CC3)nc2)OC1C(F)F. The van der Waals surface area contributed by atoms with Crippen molar-refractivity contribution < 1.29 is 22.5 Å². The second-order valence-electron chi connectivity index (χ2n) is 9.08. The second-order valence-corrected chi connectivity index (χ2v) is 11.2. The Morgan fingerprint density at radius 2 is 2.00 bits per heavy atom. The minimum Gasteiger partial charge on any atom is -0.444 e. The Morgan fingerprint density at radius 1 is 1.22 bits per heavy atom. The molecule has 0 bridgehead atoms. The highest BCUT2D eigenvalue weighted by atomic mass is 35.5. The first-order chi connectivity index (χ1) is 17.4. The average Bonchev–Trinajstić information content (AvgIpc) is 3.24. The largest absolute Gasteiger partial charge is 0.444 e. The molecule has 0 amide bonds. The summed E-state index contributed by atoms with van der Waals surface area (Å²) in [6, 6.07) is 11.3. The van der Waals surface area contributed by atoms with Crippen molar-refractivity contribution in [1.29, 1.82) is 0 Å². The number of aromatic nitrogens is 1. The Labute approximate surface area is 216 Å². The summed E-state index contributed by atoms with van der Waals surface area (Å²) in [5, 5.41) is 5.73. The van der Waals surface area contributed by atoms with E-state index in [1.165, 1.54) is 13.2 Å². The third-order valence-electron chi connectivity index (χ3n) is 6.65. The van der Waals surface area contributed by atoms with Crippen LogP contribution in [0.25, 0.3) is 0 Å². The topological polar surface area (TPSA) is 70.5 Å². The van der Waals surface area contributed by atoms with Crippen molar-refractivity contribution >= 4 is 34.2 Å². The Bertz CT molecular complexity index is 1110. The van der Waals surface area contributed by atoms with Crippen LogP contribution in [0.4, 0.5) is 14.5 Å². The van der Waals surface area contributed by atoms with Gasteiger partial charge in [-0.2, -0.15) is 0 Å². The Hall–Kier alpha value is -2.34. The Balaban J connectivity index is 1.30. The van der Waals surface area contributed by atoms with Crippen molar-refractivity contribution in [3.8, 4) is 0 Å². The molecule has 5 rings (SSSR count). The van der Waals surface area contributed by atoms with Crippen LogP contribution in [0.15, 0.2) is 47.7 Å². The Kier molecular flexibility index (Phi) is 7.71. The number of hydrogen-bond acceptors (Lipinski definition) is 7. The number of likely N-dealkylation sites (tertiary alicyclic amines) is 1. The van der Waals surface area contributed by atoms with Gasteiger partial charge in [0, 0.05) is 18.3 Å². The molecule has 36 heavy (non-hydrogen) atoms. The lowest BCUT2D eigenvalue weighted by atomic mass is 10.1. The molecule has 1 aromatic carbocycles. The first kappa shape index (κ1) is 25.3. The number of hydrazone groups is 1. The molecule has 8 nitrogen and oxygen atoms in total. The van der Waals surface area contributed by atoms with Crippen molar-refractivity contribution in [1.82, 2.24) is 14.9 Å². The van der Waals surface area contributed by atoms with E-state index in [-0.39, 0.29) is 11.1 Å². The molecule has 0 spiro atoms. The van der Waals surface area contributed by atoms with E-state index in [1.54, 1.807) is 24.3 Å². The number of piperidine rings is 1. The molecule has 0 saturated carbocycles. The van der Waals surface area contributed by atoms with E-state index in [0.29, 0.717) is 28.9 Å². The van der Waals surface area contributed by atoms with Gasteiger partial charge in [-0.3, -0.25) is 19.2 Å². The van der Waals surface area contributed by atoms with Crippen LogP contribution < -0.4 is 4.31 Å². The molecule has 2 fully saturated rings. The Morgan fingerprint density at radius 3 is 2.58 bits per heavy atom. The molecule has 0 aliphatic carbocycles. The molecule has 3 aliphatic heterocycles. The standard InChI is InChI=1S/C24H28ClF2N5O3S/c1-30-24(22(26)27)35-23(29-30)16-5-6-18(28-12-16)13-32(19-4-2-3-17(25)11-19)36(33)21-7-9-31(10-8-21)20-14-34-15-20/h2-6,11-12,20-22,24H,7-10,13-15H2,1H3. The fraction of sp³-hybridized carbons (Fsp3) is 0.500. The lowest BCUT2D eigenvalue weighted by Crippen LogP contribution is -2.53. The summed E-state index contributed by atoms with van der Waals surface area (Å²) in [6.07, 6.45) is -0.888. The quantitative estimate of drug-likeness (QED) is 0.511. The van der Waals surface area contributed by atoms with Crippen LogP contribution in [0.2, 0.25) is 5.02 Å². The van der Waals surface area contributed by atoms with E-state index >= 15 is 0 Å². The average molecular weight is 540 g/mol. The van der Waals surface area contributed by atoms with Crippen molar-refractivity contribution in [3.63, 3.8) is 0 Å². The number of anilines is 1. The first-order valence-electron chi connectivity index (χ1n) is 11.9. The van der Waals surface area contributed by atoms with E-state index in [1.807, 2.05) is 16.4 Å². The van der Waals surface area contributed by atoms with E-state index in [9.17, 15) is 13.0 Å². The van der Waals surface area contributed by atoms with E-state index in [0.717, 1.165) is 49.8 Å². The highest BCUT2D eigenvalue weighted by Crippen LogP contribution is 2.28. The molecule has 0 N–H and O–H groups in total. The number of nitrogens with zero attached hydrogens (tertiary/aromatic N) is 5. The molecule has 194 valence electrons. The smallest absolute Gasteiger partial charge is 0.295 e. The third kappa shape index (κ3) is 5.49. The third-order valence-corrected chi connectivity index (χ3v) is 8.71. The predicted molar refractivity (Wildman–Crippen MR) is 134 cm³/mol. The van der Waals surface area contributed by atoms with Crippen LogP contribution in [0.5, 0.6) is 0 Å². The van der Waals surface area contributed by atoms with Gasteiger partial charge >= 0.3 is 0 Å². The molecular formula is C24H28ClF2N5O3S. The van der Waals surface area contributed by atoms with Gasteiger partial charge in [0.25, 0.3) is 6.43 Å². The van der Waals surface area contributed by atoms with Crippen LogP contribution >= 0.6 is 11.6 Å². The van der Waals surface area contributed by atoms with Crippen LogP contribution in [-0.2, 0) is 27.0 Å². The monoisotopic (exact) mass is 539 g/mol. The summed E-state index contributed by atoms with van der Waals surface area (Å²) in [5.41, 5.74) is 1.93. The van der Waals surface area contributed by atoms with Gasteiger partial charge < -0.3 is 9.47 Å². The maximum atomic E-state index is 13.8. The van der Waals surface area contributed by atoms with Gasteiger partial charge in [0.15, 0.2) is 0 Å². The van der Waals surface area contributed by atoms with Gasteiger partial charge in [-0.1, -0.05) is 17.7 Å². The number of benzene rings is 1.